The molecule has 0 aromatic carbocycles. The highest BCUT2D eigenvalue weighted by atomic mass is 15.3. The Kier molecular flexibility index (Phi) is 6.65. The lowest BCUT2D eigenvalue weighted by molar-refractivity contribution is 0.0690. The Morgan fingerprint density at radius 3 is 2.45 bits per heavy atom. The van der Waals surface area contributed by atoms with Crippen molar-refractivity contribution in [2.75, 3.05) is 13.1 Å². The van der Waals surface area contributed by atoms with Crippen molar-refractivity contribution in [3.63, 3.8) is 0 Å². The molecule has 0 fully saturated rings. The van der Waals surface area contributed by atoms with E-state index in [0.717, 1.165) is 38.3 Å². The predicted octanol–water partition coefficient (Wildman–Crippen LogP) is 1.79. The molecular weight excluding hydrogens is 250 g/mol. The molecule has 2 atom stereocenters. The van der Waals surface area contributed by atoms with E-state index in [4.69, 9.17) is 5.84 Å². The second-order valence-corrected chi connectivity index (χ2v) is 5.44. The van der Waals surface area contributed by atoms with Gasteiger partial charge in [0.25, 0.3) is 0 Å². The maximum Gasteiger partial charge on any atom is 0.110 e. The van der Waals surface area contributed by atoms with Gasteiger partial charge in [0.05, 0.1) is 0 Å². The number of nitrogens with one attached hydrogen (secondary N) is 1. The van der Waals surface area contributed by atoms with E-state index in [1.165, 1.54) is 0 Å². The number of hydrazine groups is 1. The number of rotatable bonds is 9. The standard InChI is InChI=1S/C15H31N5/c1-6-15(5,20(8-3)9-4)13(18-16)12-14-17-10-11-19(14)7-2/h10-11,13,18H,6-9,12,16H2,1-5H3. The highest BCUT2D eigenvalue weighted by Gasteiger charge is 2.37. The predicted molar refractivity (Wildman–Crippen MR) is 84.3 cm³/mol. The van der Waals surface area contributed by atoms with Gasteiger partial charge in [0.15, 0.2) is 0 Å². The highest BCUT2D eigenvalue weighted by molar-refractivity contribution is 5.03. The van der Waals surface area contributed by atoms with Crippen molar-refractivity contribution in [2.45, 2.75) is 65.6 Å². The quantitative estimate of drug-likeness (QED) is 0.535. The van der Waals surface area contributed by atoms with Gasteiger partial charge in [-0.3, -0.25) is 16.2 Å². The number of imidazole rings is 1. The zero-order valence-electron chi connectivity index (χ0n) is 13.7. The molecule has 1 heterocycles. The van der Waals surface area contributed by atoms with Crippen molar-refractivity contribution in [3.05, 3.63) is 18.2 Å². The highest BCUT2D eigenvalue weighted by Crippen LogP contribution is 2.25. The molecule has 0 aliphatic carbocycles. The van der Waals surface area contributed by atoms with Crippen molar-refractivity contribution in [2.24, 2.45) is 5.84 Å². The number of hydrogen-bond donors (Lipinski definition) is 2. The minimum Gasteiger partial charge on any atom is -0.335 e. The summed E-state index contributed by atoms with van der Waals surface area (Å²) in [7, 11) is 0. The zero-order chi connectivity index (χ0) is 15.2. The van der Waals surface area contributed by atoms with E-state index < -0.39 is 0 Å². The van der Waals surface area contributed by atoms with E-state index in [0.29, 0.717) is 0 Å². The van der Waals surface area contributed by atoms with Gasteiger partial charge in [0, 0.05) is 36.9 Å². The first-order valence-electron chi connectivity index (χ1n) is 7.78. The van der Waals surface area contributed by atoms with E-state index in [2.05, 4.69) is 54.5 Å². The molecule has 5 heteroatoms. The van der Waals surface area contributed by atoms with Crippen LogP contribution in [0.4, 0.5) is 0 Å². The SMILES string of the molecule is CCN(CC)C(C)(CC)C(Cc1nccn1CC)NN. The number of nitrogens with zero attached hydrogens (tertiary/aromatic N) is 3. The van der Waals surface area contributed by atoms with Crippen LogP contribution in [-0.4, -0.2) is 39.1 Å². The summed E-state index contributed by atoms with van der Waals surface area (Å²) in [5, 5.41) is 0. The summed E-state index contributed by atoms with van der Waals surface area (Å²) in [6.07, 6.45) is 5.80. The fourth-order valence-electron chi connectivity index (χ4n) is 3.10. The molecular formula is C15H31N5. The molecule has 116 valence electrons. The largest absolute Gasteiger partial charge is 0.335 e. The molecule has 1 aromatic rings. The van der Waals surface area contributed by atoms with Crippen molar-refractivity contribution in [3.8, 4) is 0 Å². The first kappa shape index (κ1) is 17.1. The van der Waals surface area contributed by atoms with Crippen LogP contribution in [0.2, 0.25) is 0 Å². The molecule has 0 aliphatic heterocycles. The van der Waals surface area contributed by atoms with Crippen molar-refractivity contribution < 1.29 is 0 Å². The first-order valence-corrected chi connectivity index (χ1v) is 7.78. The molecule has 0 spiro atoms. The number of likely N-dealkylation sites (N-methyl/N-ethyl adjacent to an activating group) is 1. The normalized spacial score (nSPS) is 16.4. The van der Waals surface area contributed by atoms with Crippen LogP contribution >= 0.6 is 0 Å². The van der Waals surface area contributed by atoms with Crippen molar-refractivity contribution in [1.82, 2.24) is 19.9 Å². The molecule has 0 amide bonds. The van der Waals surface area contributed by atoms with E-state index in [1.54, 1.807) is 0 Å². The molecule has 1 aromatic heterocycles. The van der Waals surface area contributed by atoms with Crippen LogP contribution in [-0.2, 0) is 13.0 Å². The fourth-order valence-corrected chi connectivity index (χ4v) is 3.10. The van der Waals surface area contributed by atoms with Gasteiger partial charge in [-0.15, -0.1) is 0 Å². The van der Waals surface area contributed by atoms with E-state index in [1.807, 2.05) is 12.4 Å². The summed E-state index contributed by atoms with van der Waals surface area (Å²) in [6, 6.07) is 0.181. The summed E-state index contributed by atoms with van der Waals surface area (Å²) in [6.45, 7) is 14.1. The molecule has 0 radical (unpaired) electrons. The number of aromatic nitrogens is 2. The van der Waals surface area contributed by atoms with Gasteiger partial charge in [-0.2, -0.15) is 0 Å². The maximum absolute atomic E-state index is 5.88. The zero-order valence-corrected chi connectivity index (χ0v) is 13.7. The summed E-state index contributed by atoms with van der Waals surface area (Å²) in [4.78, 5) is 6.97. The third-order valence-corrected chi connectivity index (χ3v) is 4.68. The topological polar surface area (TPSA) is 59.1 Å². The van der Waals surface area contributed by atoms with Crippen LogP contribution in [0, 0.1) is 0 Å². The summed E-state index contributed by atoms with van der Waals surface area (Å²) >= 11 is 0. The van der Waals surface area contributed by atoms with Crippen LogP contribution < -0.4 is 11.3 Å². The minimum absolute atomic E-state index is 0.0305. The van der Waals surface area contributed by atoms with Gasteiger partial charge < -0.3 is 4.57 Å². The van der Waals surface area contributed by atoms with Gasteiger partial charge in [-0.25, -0.2) is 4.98 Å². The number of nitrogens with two attached hydrogens (primary N) is 1. The Labute approximate surface area is 123 Å². The smallest absolute Gasteiger partial charge is 0.110 e. The van der Waals surface area contributed by atoms with Crippen molar-refractivity contribution >= 4 is 0 Å². The lowest BCUT2D eigenvalue weighted by Gasteiger charge is -2.45. The summed E-state index contributed by atoms with van der Waals surface area (Å²) < 4.78 is 2.18. The molecule has 5 nitrogen and oxygen atoms in total. The average Bonchev–Trinajstić information content (AvgIpc) is 2.92. The van der Waals surface area contributed by atoms with Gasteiger partial charge in [-0.1, -0.05) is 20.8 Å². The van der Waals surface area contributed by atoms with Gasteiger partial charge >= 0.3 is 0 Å². The van der Waals surface area contributed by atoms with Crippen LogP contribution in [0.1, 0.15) is 46.9 Å². The Balaban J connectivity index is 2.97. The van der Waals surface area contributed by atoms with E-state index in [-0.39, 0.29) is 11.6 Å². The monoisotopic (exact) mass is 281 g/mol. The third-order valence-electron chi connectivity index (χ3n) is 4.68. The molecule has 0 saturated carbocycles. The summed E-state index contributed by atoms with van der Waals surface area (Å²) in [5.41, 5.74) is 3.07. The third kappa shape index (κ3) is 3.40. The van der Waals surface area contributed by atoms with Gasteiger partial charge in [-0.05, 0) is 33.4 Å². The van der Waals surface area contributed by atoms with Crippen LogP contribution in [0.3, 0.4) is 0 Å². The summed E-state index contributed by atoms with van der Waals surface area (Å²) in [5.74, 6) is 6.98. The van der Waals surface area contributed by atoms with Crippen LogP contribution in [0.25, 0.3) is 0 Å². The second kappa shape index (κ2) is 7.76. The van der Waals surface area contributed by atoms with Crippen LogP contribution in [0.15, 0.2) is 12.4 Å². The molecule has 0 bridgehead atoms. The molecule has 2 unspecified atom stereocenters. The first-order chi connectivity index (χ1) is 9.57. The Bertz CT molecular complexity index is 385. The number of hydrogen-bond acceptors (Lipinski definition) is 4. The molecule has 20 heavy (non-hydrogen) atoms. The Hall–Kier alpha value is -0.910. The van der Waals surface area contributed by atoms with Gasteiger partial charge in [0.2, 0.25) is 0 Å². The Morgan fingerprint density at radius 1 is 1.35 bits per heavy atom. The maximum atomic E-state index is 5.88. The molecule has 1 rings (SSSR count). The molecule has 0 aliphatic rings. The Morgan fingerprint density at radius 2 is 2.00 bits per heavy atom. The fraction of sp³-hybridized carbons (Fsp3) is 0.800. The minimum atomic E-state index is 0.0305. The van der Waals surface area contributed by atoms with E-state index >= 15 is 0 Å². The number of aryl methyl sites for hydroxylation is 1. The lowest BCUT2D eigenvalue weighted by Crippen LogP contribution is -2.61. The van der Waals surface area contributed by atoms with Crippen LogP contribution in [0.5, 0.6) is 0 Å². The second-order valence-electron chi connectivity index (χ2n) is 5.44. The van der Waals surface area contributed by atoms with Gasteiger partial charge in [0.1, 0.15) is 5.82 Å². The molecule has 0 saturated heterocycles. The van der Waals surface area contributed by atoms with E-state index in [9.17, 15) is 0 Å². The lowest BCUT2D eigenvalue weighted by atomic mass is 9.85. The average molecular weight is 281 g/mol. The molecule has 3 N–H and O–H groups in total. The van der Waals surface area contributed by atoms with Crippen molar-refractivity contribution in [1.29, 1.82) is 0 Å².